The fraction of sp³-hybridized carbons (Fsp3) is 0.167. The van der Waals surface area contributed by atoms with Gasteiger partial charge in [-0.15, -0.1) is 0 Å². The van der Waals surface area contributed by atoms with Crippen LogP contribution in [0, 0.1) is 0 Å². The molecule has 1 atom stereocenters. The Bertz CT molecular complexity index is 1130. The summed E-state index contributed by atoms with van der Waals surface area (Å²) in [6, 6.07) is 19.1. The van der Waals surface area contributed by atoms with Gasteiger partial charge in [0.1, 0.15) is 5.75 Å². The number of nitrogens with zero attached hydrogens (tertiary/aromatic N) is 3. The van der Waals surface area contributed by atoms with Gasteiger partial charge in [-0.3, -0.25) is 14.8 Å². The van der Waals surface area contributed by atoms with Crippen LogP contribution in [0.1, 0.15) is 18.9 Å². The molecule has 30 heavy (non-hydrogen) atoms. The Kier molecular flexibility index (Phi) is 5.94. The molecule has 0 aliphatic heterocycles. The highest BCUT2D eigenvalue weighted by molar-refractivity contribution is 5.81. The third-order valence-corrected chi connectivity index (χ3v) is 4.73. The van der Waals surface area contributed by atoms with E-state index in [1.807, 2.05) is 67.6 Å². The van der Waals surface area contributed by atoms with E-state index in [9.17, 15) is 4.79 Å². The van der Waals surface area contributed by atoms with E-state index < -0.39 is 6.10 Å². The zero-order chi connectivity index (χ0) is 20.8. The summed E-state index contributed by atoms with van der Waals surface area (Å²) in [6.07, 6.45) is 5.20. The van der Waals surface area contributed by atoms with Gasteiger partial charge in [-0.1, -0.05) is 25.1 Å². The topological polar surface area (TPSA) is 77.0 Å². The number of rotatable bonds is 7. The Morgan fingerprint density at radius 3 is 2.53 bits per heavy atom. The zero-order valence-corrected chi connectivity index (χ0v) is 16.7. The standard InChI is InChI=1S/C24H22N4O2/c1-2-23(24(29)27-15-17-6-5-13-25-14-17)30-19-11-9-18(10-12-19)22-16-26-20-7-3-4-8-21(20)28-22/h3-14,16,23H,2,15H2,1H3,(H,27,29)/t23-/m1/s1. The molecule has 6 heteroatoms. The third kappa shape index (κ3) is 4.60. The van der Waals surface area contributed by atoms with Crippen molar-refractivity contribution in [2.75, 3.05) is 0 Å². The summed E-state index contributed by atoms with van der Waals surface area (Å²) in [6.45, 7) is 2.35. The zero-order valence-electron chi connectivity index (χ0n) is 16.7. The maximum atomic E-state index is 12.5. The molecule has 2 aromatic heterocycles. The number of para-hydroxylation sites is 2. The largest absolute Gasteiger partial charge is 0.481 e. The highest BCUT2D eigenvalue weighted by Gasteiger charge is 2.18. The van der Waals surface area contributed by atoms with Gasteiger partial charge < -0.3 is 10.1 Å². The predicted molar refractivity (Wildman–Crippen MR) is 116 cm³/mol. The molecule has 150 valence electrons. The number of fused-ring (bicyclic) bond motifs is 1. The maximum absolute atomic E-state index is 12.5. The number of hydrogen-bond acceptors (Lipinski definition) is 5. The fourth-order valence-corrected chi connectivity index (χ4v) is 3.09. The van der Waals surface area contributed by atoms with Crippen molar-refractivity contribution in [3.63, 3.8) is 0 Å². The Balaban J connectivity index is 1.41. The van der Waals surface area contributed by atoms with Gasteiger partial charge in [0.15, 0.2) is 6.10 Å². The molecule has 0 saturated heterocycles. The van der Waals surface area contributed by atoms with Crippen LogP contribution in [0.25, 0.3) is 22.3 Å². The van der Waals surface area contributed by atoms with E-state index in [1.165, 1.54) is 0 Å². The number of nitrogens with one attached hydrogen (secondary N) is 1. The molecule has 4 rings (SSSR count). The summed E-state index contributed by atoms with van der Waals surface area (Å²) in [4.78, 5) is 25.7. The number of benzene rings is 2. The molecule has 2 aromatic carbocycles. The van der Waals surface area contributed by atoms with Crippen molar-refractivity contribution >= 4 is 16.9 Å². The average Bonchev–Trinajstić information content (AvgIpc) is 2.81. The van der Waals surface area contributed by atoms with E-state index in [1.54, 1.807) is 18.6 Å². The molecule has 1 amide bonds. The summed E-state index contributed by atoms with van der Waals surface area (Å²) in [5, 5.41) is 2.90. The molecule has 2 heterocycles. The van der Waals surface area contributed by atoms with Crippen molar-refractivity contribution in [1.82, 2.24) is 20.3 Å². The normalized spacial score (nSPS) is 11.8. The molecule has 6 nitrogen and oxygen atoms in total. The number of pyridine rings is 1. The van der Waals surface area contributed by atoms with Crippen LogP contribution in [-0.4, -0.2) is 27.0 Å². The molecule has 0 radical (unpaired) electrons. The molecule has 0 saturated carbocycles. The van der Waals surface area contributed by atoms with E-state index in [4.69, 9.17) is 4.74 Å². The second kappa shape index (κ2) is 9.13. The fourth-order valence-electron chi connectivity index (χ4n) is 3.09. The van der Waals surface area contributed by atoms with E-state index in [2.05, 4.69) is 20.3 Å². The van der Waals surface area contributed by atoms with Crippen LogP contribution in [0.15, 0.2) is 79.3 Å². The highest BCUT2D eigenvalue weighted by atomic mass is 16.5. The first-order chi connectivity index (χ1) is 14.7. The first-order valence-electron chi connectivity index (χ1n) is 9.88. The molecule has 1 N–H and O–H groups in total. The summed E-state index contributed by atoms with van der Waals surface area (Å²) in [7, 11) is 0. The van der Waals surface area contributed by atoms with Crippen molar-refractivity contribution in [3.8, 4) is 17.0 Å². The lowest BCUT2D eigenvalue weighted by atomic mass is 10.1. The maximum Gasteiger partial charge on any atom is 0.261 e. The van der Waals surface area contributed by atoms with Gasteiger partial charge in [-0.25, -0.2) is 4.98 Å². The first-order valence-corrected chi connectivity index (χ1v) is 9.88. The number of carbonyl (C=O) groups is 1. The van der Waals surface area contributed by atoms with Gasteiger partial charge in [-0.2, -0.15) is 0 Å². The second-order valence-electron chi connectivity index (χ2n) is 6.86. The van der Waals surface area contributed by atoms with Crippen LogP contribution in [-0.2, 0) is 11.3 Å². The van der Waals surface area contributed by atoms with Crippen molar-refractivity contribution < 1.29 is 9.53 Å². The van der Waals surface area contributed by atoms with Crippen LogP contribution in [0.3, 0.4) is 0 Å². The smallest absolute Gasteiger partial charge is 0.261 e. The van der Waals surface area contributed by atoms with Crippen molar-refractivity contribution in [3.05, 3.63) is 84.8 Å². The molecular formula is C24H22N4O2. The second-order valence-corrected chi connectivity index (χ2v) is 6.86. The summed E-state index contributed by atoms with van der Waals surface area (Å²) in [5.74, 6) is 0.488. The van der Waals surface area contributed by atoms with Crippen molar-refractivity contribution in [2.45, 2.75) is 26.0 Å². The number of aromatic nitrogens is 3. The van der Waals surface area contributed by atoms with Gasteiger partial charge in [0.05, 0.1) is 22.9 Å². The van der Waals surface area contributed by atoms with E-state index in [0.717, 1.165) is 27.9 Å². The van der Waals surface area contributed by atoms with Crippen LogP contribution >= 0.6 is 0 Å². The van der Waals surface area contributed by atoms with Gasteiger partial charge in [0.2, 0.25) is 0 Å². The van der Waals surface area contributed by atoms with Gasteiger partial charge in [-0.05, 0) is 54.4 Å². The quantitative estimate of drug-likeness (QED) is 0.506. The van der Waals surface area contributed by atoms with Crippen LogP contribution < -0.4 is 10.1 Å². The van der Waals surface area contributed by atoms with Crippen molar-refractivity contribution in [2.24, 2.45) is 0 Å². The van der Waals surface area contributed by atoms with Gasteiger partial charge in [0.25, 0.3) is 5.91 Å². The Labute approximate surface area is 175 Å². The summed E-state index contributed by atoms with van der Waals surface area (Å²) >= 11 is 0. The van der Waals surface area contributed by atoms with E-state index in [-0.39, 0.29) is 5.91 Å². The third-order valence-electron chi connectivity index (χ3n) is 4.73. The molecule has 0 spiro atoms. The molecule has 0 aliphatic rings. The van der Waals surface area contributed by atoms with Crippen LogP contribution in [0.4, 0.5) is 0 Å². The number of hydrogen-bond donors (Lipinski definition) is 1. The lowest BCUT2D eigenvalue weighted by Gasteiger charge is -2.17. The molecule has 0 unspecified atom stereocenters. The first kappa shape index (κ1) is 19.5. The average molecular weight is 398 g/mol. The number of carbonyl (C=O) groups excluding carboxylic acids is 1. The highest BCUT2D eigenvalue weighted by Crippen LogP contribution is 2.23. The van der Waals surface area contributed by atoms with Gasteiger partial charge >= 0.3 is 0 Å². The van der Waals surface area contributed by atoms with Gasteiger partial charge in [0, 0.05) is 24.5 Å². The van der Waals surface area contributed by atoms with Crippen LogP contribution in [0.2, 0.25) is 0 Å². The Morgan fingerprint density at radius 1 is 1.00 bits per heavy atom. The minimum Gasteiger partial charge on any atom is -0.481 e. The molecule has 0 aliphatic carbocycles. The number of ether oxygens (including phenoxy) is 1. The monoisotopic (exact) mass is 398 g/mol. The van der Waals surface area contributed by atoms with E-state index in [0.29, 0.717) is 18.7 Å². The summed E-state index contributed by atoms with van der Waals surface area (Å²) in [5.41, 5.74) is 4.40. The number of amides is 1. The molecule has 4 aromatic rings. The molecule has 0 fully saturated rings. The predicted octanol–water partition coefficient (Wildman–Crippen LogP) is 4.17. The van der Waals surface area contributed by atoms with Crippen LogP contribution in [0.5, 0.6) is 5.75 Å². The van der Waals surface area contributed by atoms with E-state index >= 15 is 0 Å². The molecular weight excluding hydrogens is 376 g/mol. The minimum absolute atomic E-state index is 0.147. The summed E-state index contributed by atoms with van der Waals surface area (Å²) < 4.78 is 5.91. The Hall–Kier alpha value is -3.80. The molecule has 0 bridgehead atoms. The van der Waals surface area contributed by atoms with Crippen molar-refractivity contribution in [1.29, 1.82) is 0 Å². The Morgan fingerprint density at radius 2 is 1.80 bits per heavy atom. The minimum atomic E-state index is -0.562. The SMILES string of the molecule is CC[C@@H](Oc1ccc(-c2cnc3ccccc3n2)cc1)C(=O)NCc1cccnc1. The lowest BCUT2D eigenvalue weighted by Crippen LogP contribution is -2.37. The lowest BCUT2D eigenvalue weighted by molar-refractivity contribution is -0.128.